The number of primary amides is 1. The summed E-state index contributed by atoms with van der Waals surface area (Å²) in [4.78, 5) is 15.6. The Hall–Kier alpha value is -1.80. The average Bonchev–Trinajstić information content (AvgIpc) is 2.76. The first-order chi connectivity index (χ1) is 9.59. The lowest BCUT2D eigenvalue weighted by Gasteiger charge is -2.16. The van der Waals surface area contributed by atoms with Gasteiger partial charge in [0.25, 0.3) is 0 Å². The zero-order chi connectivity index (χ0) is 14.5. The number of amides is 1. The van der Waals surface area contributed by atoms with Crippen LogP contribution >= 0.6 is 21.6 Å². The number of carbonyl (C=O) groups excluding carboxylic acids is 1. The third-order valence-corrected chi connectivity index (χ3v) is 4.78. The molecular formula is C12H13N3O3S2. The molecular weight excluding hydrogens is 298 g/mol. The molecule has 0 aliphatic heterocycles. The summed E-state index contributed by atoms with van der Waals surface area (Å²) in [5, 5.41) is 20.1. The molecule has 20 heavy (non-hydrogen) atoms. The number of carbonyl (C=O) groups is 1. The zero-order valence-electron chi connectivity index (χ0n) is 10.3. The number of aromatic nitrogens is 2. The van der Waals surface area contributed by atoms with Gasteiger partial charge in [-0.25, -0.2) is 4.98 Å². The number of pyridine rings is 1. The van der Waals surface area contributed by atoms with Gasteiger partial charge in [-0.1, -0.05) is 16.9 Å². The molecule has 0 bridgehead atoms. The Balaban J connectivity index is 2.02. The largest absolute Gasteiger partial charge is 0.494 e. The van der Waals surface area contributed by atoms with Crippen molar-refractivity contribution in [1.29, 1.82) is 0 Å². The summed E-state index contributed by atoms with van der Waals surface area (Å²) in [6.45, 7) is 0. The van der Waals surface area contributed by atoms with Gasteiger partial charge in [-0.05, 0) is 22.9 Å². The highest BCUT2D eigenvalue weighted by Gasteiger charge is 2.23. The van der Waals surface area contributed by atoms with E-state index in [-0.39, 0.29) is 11.8 Å². The van der Waals surface area contributed by atoms with Crippen LogP contribution in [-0.4, -0.2) is 31.4 Å². The molecule has 6 nitrogen and oxygen atoms in total. The first-order valence-corrected chi connectivity index (χ1v) is 8.00. The lowest BCUT2D eigenvalue weighted by molar-refractivity contribution is -0.120. The van der Waals surface area contributed by atoms with E-state index in [4.69, 9.17) is 5.73 Å². The van der Waals surface area contributed by atoms with Gasteiger partial charge in [0.05, 0.1) is 0 Å². The molecule has 1 atom stereocenters. The van der Waals surface area contributed by atoms with E-state index >= 15 is 0 Å². The maximum Gasteiger partial charge on any atom is 0.241 e. The number of aromatic hydroxyl groups is 2. The third-order valence-electron chi connectivity index (χ3n) is 2.52. The minimum atomic E-state index is -0.828. The molecule has 1 amide bonds. The number of rotatable bonds is 6. The molecule has 0 aromatic carbocycles. The van der Waals surface area contributed by atoms with Gasteiger partial charge in [0.1, 0.15) is 11.1 Å². The van der Waals surface area contributed by atoms with Gasteiger partial charge in [0, 0.05) is 24.1 Å². The van der Waals surface area contributed by atoms with Gasteiger partial charge >= 0.3 is 0 Å². The summed E-state index contributed by atoms with van der Waals surface area (Å²) in [6, 6.07) is 7.32. The van der Waals surface area contributed by atoms with Crippen molar-refractivity contribution in [3.05, 3.63) is 36.5 Å². The van der Waals surface area contributed by atoms with Crippen molar-refractivity contribution < 1.29 is 15.0 Å². The van der Waals surface area contributed by atoms with Crippen LogP contribution in [-0.2, 0) is 4.79 Å². The number of hydrogen-bond acceptors (Lipinski definition) is 6. The van der Waals surface area contributed by atoms with Gasteiger partial charge in [0.2, 0.25) is 5.91 Å². The molecule has 0 saturated heterocycles. The molecule has 0 aliphatic carbocycles. The van der Waals surface area contributed by atoms with Crippen molar-refractivity contribution in [3.8, 4) is 11.8 Å². The summed E-state index contributed by atoms with van der Waals surface area (Å²) >= 11 is 0. The predicted octanol–water partition coefficient (Wildman–Crippen LogP) is 1.76. The molecule has 4 N–H and O–H groups in total. The second-order valence-electron chi connectivity index (χ2n) is 3.87. The van der Waals surface area contributed by atoms with Crippen molar-refractivity contribution in [2.45, 2.75) is 11.1 Å². The van der Waals surface area contributed by atoms with Crippen molar-refractivity contribution in [1.82, 2.24) is 9.55 Å². The summed E-state index contributed by atoms with van der Waals surface area (Å²) < 4.78 is 1.11. The Bertz CT molecular complexity index is 569. The van der Waals surface area contributed by atoms with Gasteiger partial charge in [0.15, 0.2) is 11.8 Å². The van der Waals surface area contributed by atoms with Crippen LogP contribution in [0.4, 0.5) is 0 Å². The quantitative estimate of drug-likeness (QED) is 0.703. The molecule has 0 spiro atoms. The van der Waals surface area contributed by atoms with Crippen LogP contribution in [0, 0.1) is 0 Å². The van der Waals surface area contributed by atoms with Crippen LogP contribution in [0.3, 0.4) is 0 Å². The van der Waals surface area contributed by atoms with Crippen molar-refractivity contribution >= 4 is 27.5 Å². The lowest BCUT2D eigenvalue weighted by Crippen LogP contribution is -2.27. The lowest BCUT2D eigenvalue weighted by atomic mass is 10.3. The van der Waals surface area contributed by atoms with E-state index < -0.39 is 11.9 Å². The number of nitrogens with zero attached hydrogens (tertiary/aromatic N) is 2. The number of hydrogen-bond donors (Lipinski definition) is 3. The Morgan fingerprint density at radius 2 is 2.00 bits per heavy atom. The summed E-state index contributed by atoms with van der Waals surface area (Å²) in [5.74, 6) is -0.725. The minimum absolute atomic E-state index is 0.199. The standard InChI is InChI=1S/C12H13N3O3S2/c13-12(18)8(15-10(16)4-5-11(15)17)7-19-20-9-3-1-2-6-14-9/h1-6,8,16-17H,7H2,(H2,13,18). The Labute approximate surface area is 123 Å². The van der Waals surface area contributed by atoms with Crippen LogP contribution in [0.1, 0.15) is 6.04 Å². The minimum Gasteiger partial charge on any atom is -0.494 e. The van der Waals surface area contributed by atoms with Gasteiger partial charge < -0.3 is 15.9 Å². The van der Waals surface area contributed by atoms with E-state index in [1.54, 1.807) is 6.20 Å². The maximum atomic E-state index is 11.5. The van der Waals surface area contributed by atoms with E-state index in [0.717, 1.165) is 9.59 Å². The SMILES string of the molecule is NC(=O)C(CSSc1ccccn1)n1c(O)ccc1O. The van der Waals surface area contributed by atoms with Crippen LogP contribution in [0.5, 0.6) is 11.8 Å². The number of nitrogens with two attached hydrogens (primary N) is 1. The second kappa shape index (κ2) is 6.58. The Morgan fingerprint density at radius 3 is 2.55 bits per heavy atom. The maximum absolute atomic E-state index is 11.5. The van der Waals surface area contributed by atoms with E-state index in [2.05, 4.69) is 4.98 Å². The first kappa shape index (κ1) is 14.6. The molecule has 0 aliphatic rings. The molecule has 0 fully saturated rings. The van der Waals surface area contributed by atoms with Crippen LogP contribution in [0.15, 0.2) is 41.6 Å². The fraction of sp³-hybridized carbons (Fsp3) is 0.167. The predicted molar refractivity (Wildman–Crippen MR) is 78.5 cm³/mol. The van der Waals surface area contributed by atoms with E-state index in [9.17, 15) is 15.0 Å². The molecule has 8 heteroatoms. The van der Waals surface area contributed by atoms with Crippen LogP contribution in [0.25, 0.3) is 0 Å². The topological polar surface area (TPSA) is 101 Å². The normalized spacial score (nSPS) is 12.2. The van der Waals surface area contributed by atoms with Crippen LogP contribution in [0.2, 0.25) is 0 Å². The Morgan fingerprint density at radius 1 is 1.30 bits per heavy atom. The Kier molecular flexibility index (Phi) is 4.80. The van der Waals surface area contributed by atoms with Crippen molar-refractivity contribution in [2.24, 2.45) is 5.73 Å². The molecule has 1 unspecified atom stereocenters. The highest BCUT2D eigenvalue weighted by Crippen LogP contribution is 2.35. The smallest absolute Gasteiger partial charge is 0.241 e. The summed E-state index contributed by atoms with van der Waals surface area (Å²) in [6.07, 6.45) is 1.68. The molecule has 2 aromatic heterocycles. The highest BCUT2D eigenvalue weighted by molar-refractivity contribution is 8.76. The average molecular weight is 311 g/mol. The van der Waals surface area contributed by atoms with E-state index in [0.29, 0.717) is 5.75 Å². The second-order valence-corrected chi connectivity index (χ2v) is 6.23. The van der Waals surface area contributed by atoms with Crippen molar-refractivity contribution in [2.75, 3.05) is 5.75 Å². The third kappa shape index (κ3) is 3.40. The van der Waals surface area contributed by atoms with E-state index in [1.807, 2.05) is 18.2 Å². The first-order valence-electron chi connectivity index (χ1n) is 5.68. The van der Waals surface area contributed by atoms with E-state index in [1.165, 1.54) is 33.7 Å². The summed E-state index contributed by atoms with van der Waals surface area (Å²) in [7, 11) is 2.77. The van der Waals surface area contributed by atoms with Gasteiger partial charge in [-0.15, -0.1) is 0 Å². The fourth-order valence-electron chi connectivity index (χ4n) is 1.59. The molecule has 2 heterocycles. The van der Waals surface area contributed by atoms with Crippen LogP contribution < -0.4 is 5.73 Å². The molecule has 0 saturated carbocycles. The summed E-state index contributed by atoms with van der Waals surface area (Å²) in [5.41, 5.74) is 5.32. The van der Waals surface area contributed by atoms with Gasteiger partial charge in [-0.2, -0.15) is 0 Å². The molecule has 2 aromatic rings. The van der Waals surface area contributed by atoms with Gasteiger partial charge in [-0.3, -0.25) is 9.36 Å². The molecule has 2 rings (SSSR count). The zero-order valence-corrected chi connectivity index (χ0v) is 12.0. The monoisotopic (exact) mass is 311 g/mol. The van der Waals surface area contributed by atoms with Crippen molar-refractivity contribution in [3.63, 3.8) is 0 Å². The molecule has 106 valence electrons. The fourth-order valence-corrected chi connectivity index (χ4v) is 3.70. The molecule has 0 radical (unpaired) electrons. The highest BCUT2D eigenvalue weighted by atomic mass is 33.1.